The number of aromatic nitrogens is 3. The van der Waals surface area contributed by atoms with E-state index in [1.807, 2.05) is 76.0 Å². The quantitative estimate of drug-likeness (QED) is 0.213. The molecule has 1 atom stereocenters. The minimum Gasteiger partial charge on any atom is -0.459 e. The molecule has 9 nitrogen and oxygen atoms in total. The summed E-state index contributed by atoms with van der Waals surface area (Å²) in [4.78, 5) is 26.8. The smallest absolute Gasteiger partial charge is 0.342 e. The number of nitrogens with two attached hydrogens (primary N) is 1. The Labute approximate surface area is 230 Å². The maximum atomic E-state index is 13.2. The fraction of sp³-hybridized carbons (Fsp3) is 0.367. The third kappa shape index (κ3) is 6.15. The van der Waals surface area contributed by atoms with Crippen molar-refractivity contribution in [3.05, 3.63) is 59.9 Å². The van der Waals surface area contributed by atoms with Crippen molar-refractivity contribution in [1.29, 1.82) is 0 Å². The van der Waals surface area contributed by atoms with Crippen molar-refractivity contribution in [2.75, 3.05) is 50.2 Å². The summed E-state index contributed by atoms with van der Waals surface area (Å²) in [6.07, 6.45) is 4.03. The SMILES string of the molecule is CCC(C)OC(=O)c1cnc(Nc2cc(N)c(N(C)CCN(C)C)cc2C)nc1-c1cn(C)c2ccccc12. The predicted molar refractivity (Wildman–Crippen MR) is 160 cm³/mol. The lowest BCUT2D eigenvalue weighted by Crippen LogP contribution is -2.29. The predicted octanol–water partition coefficient (Wildman–Crippen LogP) is 5.22. The highest BCUT2D eigenvalue weighted by atomic mass is 16.5. The molecule has 1 unspecified atom stereocenters. The molecule has 4 rings (SSSR count). The van der Waals surface area contributed by atoms with Gasteiger partial charge in [0.15, 0.2) is 0 Å². The Bertz CT molecular complexity index is 1480. The summed E-state index contributed by atoms with van der Waals surface area (Å²) in [6.45, 7) is 7.66. The van der Waals surface area contributed by atoms with Crippen LogP contribution in [0, 0.1) is 6.92 Å². The number of benzene rings is 2. The molecular formula is C30H39N7O2. The zero-order chi connectivity index (χ0) is 28.3. The van der Waals surface area contributed by atoms with Crippen LogP contribution in [0.15, 0.2) is 48.8 Å². The number of carbonyl (C=O) groups excluding carboxylic acids is 1. The molecule has 0 bridgehead atoms. The second kappa shape index (κ2) is 11.7. The molecule has 0 fully saturated rings. The van der Waals surface area contributed by atoms with E-state index in [1.54, 1.807) is 6.20 Å². The first kappa shape index (κ1) is 27.9. The highest BCUT2D eigenvalue weighted by molar-refractivity contribution is 6.03. The van der Waals surface area contributed by atoms with Crippen LogP contribution >= 0.6 is 0 Å². The fourth-order valence-electron chi connectivity index (χ4n) is 4.42. The van der Waals surface area contributed by atoms with E-state index in [4.69, 9.17) is 15.5 Å². The Morgan fingerprint density at radius 1 is 1.18 bits per heavy atom. The fourth-order valence-corrected chi connectivity index (χ4v) is 4.42. The molecule has 0 amide bonds. The van der Waals surface area contributed by atoms with Gasteiger partial charge in [0.2, 0.25) is 5.95 Å². The summed E-state index contributed by atoms with van der Waals surface area (Å²) in [7, 11) is 8.12. The van der Waals surface area contributed by atoms with Gasteiger partial charge in [-0.1, -0.05) is 25.1 Å². The van der Waals surface area contributed by atoms with Crippen molar-refractivity contribution < 1.29 is 9.53 Å². The van der Waals surface area contributed by atoms with Crippen LogP contribution in [0.3, 0.4) is 0 Å². The largest absolute Gasteiger partial charge is 0.459 e. The lowest BCUT2D eigenvalue weighted by atomic mass is 10.1. The molecule has 2 aromatic carbocycles. The number of para-hydroxylation sites is 1. The van der Waals surface area contributed by atoms with E-state index in [1.165, 1.54) is 0 Å². The van der Waals surface area contributed by atoms with Crippen molar-refractivity contribution in [3.63, 3.8) is 0 Å². The summed E-state index contributed by atoms with van der Waals surface area (Å²) in [5.74, 6) is -0.0707. The van der Waals surface area contributed by atoms with E-state index in [9.17, 15) is 4.79 Å². The lowest BCUT2D eigenvalue weighted by molar-refractivity contribution is 0.0334. The third-order valence-corrected chi connectivity index (χ3v) is 6.96. The molecule has 206 valence electrons. The zero-order valence-corrected chi connectivity index (χ0v) is 23.9. The molecule has 0 spiro atoms. The third-order valence-electron chi connectivity index (χ3n) is 6.96. The van der Waals surface area contributed by atoms with Crippen molar-refractivity contribution in [1.82, 2.24) is 19.4 Å². The number of esters is 1. The molecule has 39 heavy (non-hydrogen) atoms. The number of hydrogen-bond donors (Lipinski definition) is 2. The summed E-state index contributed by atoms with van der Waals surface area (Å²) < 4.78 is 7.69. The van der Waals surface area contributed by atoms with Gasteiger partial charge in [-0.15, -0.1) is 0 Å². The van der Waals surface area contributed by atoms with Crippen LogP contribution in [0.2, 0.25) is 0 Å². The number of nitrogens with one attached hydrogen (secondary N) is 1. The molecule has 0 saturated carbocycles. The number of nitrogens with zero attached hydrogens (tertiary/aromatic N) is 5. The standard InChI is InChI=1S/C30H39N7O2/c1-8-20(3)39-29(38)22-17-32-30(34-28(22)23-18-37(7)26-12-10-9-11-21(23)26)33-25-16-24(31)27(15-19(25)2)36(6)14-13-35(4)5/h9-12,15-18,20H,8,13-14,31H2,1-7H3,(H,32,33,34). The summed E-state index contributed by atoms with van der Waals surface area (Å²) in [5, 5.41) is 4.32. The van der Waals surface area contributed by atoms with Gasteiger partial charge in [-0.2, -0.15) is 0 Å². The summed E-state index contributed by atoms with van der Waals surface area (Å²) in [6, 6.07) is 12.0. The van der Waals surface area contributed by atoms with Gasteiger partial charge in [-0.25, -0.2) is 14.8 Å². The monoisotopic (exact) mass is 529 g/mol. The van der Waals surface area contributed by atoms with Gasteiger partial charge in [-0.05, 0) is 58.1 Å². The molecule has 2 heterocycles. The van der Waals surface area contributed by atoms with Crippen LogP contribution in [0.1, 0.15) is 36.2 Å². The first-order valence-electron chi connectivity index (χ1n) is 13.2. The van der Waals surface area contributed by atoms with E-state index < -0.39 is 5.97 Å². The van der Waals surface area contributed by atoms with Crippen molar-refractivity contribution >= 4 is 39.9 Å². The van der Waals surface area contributed by atoms with Crippen LogP contribution in [-0.4, -0.2) is 65.7 Å². The Balaban J connectivity index is 1.73. The Morgan fingerprint density at radius 3 is 2.64 bits per heavy atom. The first-order valence-corrected chi connectivity index (χ1v) is 13.2. The van der Waals surface area contributed by atoms with Crippen LogP contribution in [-0.2, 0) is 11.8 Å². The molecular weight excluding hydrogens is 490 g/mol. The number of nitrogen functional groups attached to an aromatic ring is 1. The second-order valence-corrected chi connectivity index (χ2v) is 10.3. The number of carbonyl (C=O) groups is 1. The van der Waals surface area contributed by atoms with Gasteiger partial charge >= 0.3 is 5.97 Å². The highest BCUT2D eigenvalue weighted by Crippen LogP contribution is 2.34. The molecule has 0 radical (unpaired) electrons. The highest BCUT2D eigenvalue weighted by Gasteiger charge is 2.22. The maximum Gasteiger partial charge on any atom is 0.342 e. The van der Waals surface area contributed by atoms with E-state index >= 15 is 0 Å². The zero-order valence-electron chi connectivity index (χ0n) is 23.9. The molecule has 0 aliphatic heterocycles. The number of likely N-dealkylation sites (N-methyl/N-ethyl adjacent to an activating group) is 2. The van der Waals surface area contributed by atoms with Crippen molar-refractivity contribution in [2.24, 2.45) is 7.05 Å². The Kier molecular flexibility index (Phi) is 8.40. The number of anilines is 4. The van der Waals surface area contributed by atoms with Gasteiger partial charge < -0.3 is 30.2 Å². The number of rotatable bonds is 10. The van der Waals surface area contributed by atoms with Crippen LogP contribution in [0.4, 0.5) is 23.0 Å². The van der Waals surface area contributed by atoms with Crippen LogP contribution in [0.5, 0.6) is 0 Å². The van der Waals surface area contributed by atoms with Crippen LogP contribution < -0.4 is 16.0 Å². The topological polar surface area (TPSA) is 102 Å². The van der Waals surface area contributed by atoms with E-state index in [0.717, 1.165) is 52.9 Å². The summed E-state index contributed by atoms with van der Waals surface area (Å²) >= 11 is 0. The van der Waals surface area contributed by atoms with E-state index in [2.05, 4.69) is 40.3 Å². The lowest BCUT2D eigenvalue weighted by Gasteiger charge is -2.24. The van der Waals surface area contributed by atoms with Gasteiger partial charge in [0.25, 0.3) is 0 Å². The van der Waals surface area contributed by atoms with Gasteiger partial charge in [0.1, 0.15) is 5.56 Å². The molecule has 0 saturated heterocycles. The molecule has 0 aliphatic rings. The van der Waals surface area contributed by atoms with Gasteiger partial charge in [0.05, 0.1) is 23.2 Å². The van der Waals surface area contributed by atoms with Crippen molar-refractivity contribution in [3.8, 4) is 11.3 Å². The molecule has 0 aliphatic carbocycles. The van der Waals surface area contributed by atoms with Gasteiger partial charge in [-0.3, -0.25) is 0 Å². The number of fused-ring (bicyclic) bond motifs is 1. The van der Waals surface area contributed by atoms with Crippen molar-refractivity contribution in [2.45, 2.75) is 33.3 Å². The molecule has 3 N–H and O–H groups in total. The van der Waals surface area contributed by atoms with Crippen LogP contribution in [0.25, 0.3) is 22.2 Å². The molecule has 4 aromatic rings. The number of aryl methyl sites for hydroxylation is 2. The normalized spacial score (nSPS) is 12.1. The van der Waals surface area contributed by atoms with E-state index in [-0.39, 0.29) is 6.10 Å². The summed E-state index contributed by atoms with van der Waals surface area (Å²) in [5.41, 5.74) is 12.6. The van der Waals surface area contributed by atoms with Gasteiger partial charge in [0, 0.05) is 61.7 Å². The average molecular weight is 530 g/mol. The van der Waals surface area contributed by atoms with E-state index in [0.29, 0.717) is 22.9 Å². The minimum atomic E-state index is -0.440. The number of ether oxygens (including phenoxy) is 1. The molecule has 2 aromatic heterocycles. The average Bonchev–Trinajstić information content (AvgIpc) is 3.25. The second-order valence-electron chi connectivity index (χ2n) is 10.3. The minimum absolute atomic E-state index is 0.212. The Hall–Kier alpha value is -4.11. The Morgan fingerprint density at radius 2 is 1.92 bits per heavy atom. The first-order chi connectivity index (χ1) is 18.6. The molecule has 9 heteroatoms. The number of hydrogen-bond acceptors (Lipinski definition) is 8. The maximum absolute atomic E-state index is 13.2.